The lowest BCUT2D eigenvalue weighted by molar-refractivity contribution is -0.671. The van der Waals surface area contributed by atoms with Crippen molar-refractivity contribution in [3.63, 3.8) is 0 Å². The van der Waals surface area contributed by atoms with E-state index in [1.54, 1.807) is 0 Å². The molecule has 1 heterocycles. The van der Waals surface area contributed by atoms with Gasteiger partial charge in [-0.15, -0.1) is 0 Å². The Kier molecular flexibility index (Phi) is 3.51. The molecule has 0 aliphatic heterocycles. The molecule has 3 aromatic rings. The molecule has 0 N–H and O–H groups in total. The maximum absolute atomic E-state index is 2.44. The highest BCUT2D eigenvalue weighted by atomic mass is 15.0. The number of nitrogens with zero attached hydrogens (tertiary/aromatic N) is 1. The topological polar surface area (TPSA) is 3.88 Å². The van der Waals surface area contributed by atoms with E-state index in [-0.39, 0.29) is 0 Å². The lowest BCUT2D eigenvalue weighted by Gasteiger charge is -2.10. The van der Waals surface area contributed by atoms with Gasteiger partial charge in [0.25, 0.3) is 0 Å². The molecule has 0 bridgehead atoms. The van der Waals surface area contributed by atoms with Crippen molar-refractivity contribution >= 4 is 10.9 Å². The average Bonchev–Trinajstić information content (AvgIpc) is 2.48. The van der Waals surface area contributed by atoms with Crippen molar-refractivity contribution in [2.75, 3.05) is 0 Å². The first-order chi connectivity index (χ1) is 9.75. The molecule has 0 saturated heterocycles. The first kappa shape index (κ1) is 12.9. The summed E-state index contributed by atoms with van der Waals surface area (Å²) in [4.78, 5) is 0. The van der Waals surface area contributed by atoms with E-state index in [9.17, 15) is 0 Å². The zero-order valence-corrected chi connectivity index (χ0v) is 12.1. The van der Waals surface area contributed by atoms with Crippen LogP contribution in [-0.2, 0) is 6.54 Å². The van der Waals surface area contributed by atoms with Crippen molar-refractivity contribution in [2.45, 2.75) is 26.3 Å². The first-order valence-electron chi connectivity index (χ1n) is 7.21. The fourth-order valence-electron chi connectivity index (χ4n) is 2.73. The summed E-state index contributed by atoms with van der Waals surface area (Å²) in [5.74, 6) is 0.517. The van der Waals surface area contributed by atoms with E-state index in [4.69, 9.17) is 0 Å². The molecule has 0 aliphatic carbocycles. The Hall–Kier alpha value is -2.15. The SMILES string of the molecule is CC(C)c1ccc2ccccc2[n+]1Cc1ccccc1. The van der Waals surface area contributed by atoms with Crippen molar-refractivity contribution < 1.29 is 4.57 Å². The van der Waals surface area contributed by atoms with Gasteiger partial charge in [-0.3, -0.25) is 0 Å². The average molecular weight is 262 g/mol. The minimum absolute atomic E-state index is 0.517. The minimum atomic E-state index is 0.517. The van der Waals surface area contributed by atoms with Crippen LogP contribution in [0, 0.1) is 0 Å². The number of fused-ring (bicyclic) bond motifs is 1. The lowest BCUT2D eigenvalue weighted by Crippen LogP contribution is -2.40. The molecule has 0 unspecified atom stereocenters. The summed E-state index contributed by atoms with van der Waals surface area (Å²) in [6.45, 7) is 5.44. The van der Waals surface area contributed by atoms with Gasteiger partial charge in [-0.1, -0.05) is 56.3 Å². The molecule has 0 aliphatic rings. The van der Waals surface area contributed by atoms with E-state index in [0.717, 1.165) is 6.54 Å². The number of pyridine rings is 1. The van der Waals surface area contributed by atoms with E-state index >= 15 is 0 Å². The van der Waals surface area contributed by atoms with E-state index in [0.29, 0.717) is 5.92 Å². The van der Waals surface area contributed by atoms with Crippen LogP contribution in [-0.4, -0.2) is 0 Å². The molecule has 1 heteroatoms. The molecular formula is C19H20N+. The number of hydrogen-bond acceptors (Lipinski definition) is 0. The number of rotatable bonds is 3. The van der Waals surface area contributed by atoms with Crippen LogP contribution in [0.4, 0.5) is 0 Å². The normalized spacial score (nSPS) is 11.2. The van der Waals surface area contributed by atoms with Gasteiger partial charge in [-0.25, -0.2) is 0 Å². The summed E-state index contributed by atoms with van der Waals surface area (Å²) in [7, 11) is 0. The van der Waals surface area contributed by atoms with E-state index < -0.39 is 0 Å². The van der Waals surface area contributed by atoms with Crippen LogP contribution in [0.5, 0.6) is 0 Å². The number of aromatic nitrogens is 1. The van der Waals surface area contributed by atoms with Crippen LogP contribution in [0.1, 0.15) is 31.0 Å². The predicted molar refractivity (Wildman–Crippen MR) is 83.8 cm³/mol. The maximum Gasteiger partial charge on any atom is 0.212 e. The second kappa shape index (κ2) is 5.46. The van der Waals surface area contributed by atoms with E-state index in [1.807, 2.05) is 0 Å². The molecule has 0 saturated carbocycles. The monoisotopic (exact) mass is 262 g/mol. The Balaban J connectivity index is 2.17. The Morgan fingerprint density at radius 3 is 2.25 bits per heavy atom. The Labute approximate surface area is 120 Å². The van der Waals surface area contributed by atoms with E-state index in [2.05, 4.69) is 85.1 Å². The van der Waals surface area contributed by atoms with Crippen molar-refractivity contribution in [3.05, 3.63) is 78.0 Å². The van der Waals surface area contributed by atoms with Gasteiger partial charge in [-0.2, -0.15) is 4.57 Å². The molecule has 1 nitrogen and oxygen atoms in total. The zero-order chi connectivity index (χ0) is 13.9. The number of hydrogen-bond donors (Lipinski definition) is 0. The van der Waals surface area contributed by atoms with Gasteiger partial charge in [-0.05, 0) is 12.1 Å². The molecule has 0 spiro atoms. The second-order valence-electron chi connectivity index (χ2n) is 5.54. The third kappa shape index (κ3) is 2.44. The molecule has 1 aromatic heterocycles. The number of para-hydroxylation sites is 1. The third-order valence-corrected chi connectivity index (χ3v) is 3.75. The van der Waals surface area contributed by atoms with Crippen LogP contribution < -0.4 is 4.57 Å². The van der Waals surface area contributed by atoms with Gasteiger partial charge in [0, 0.05) is 29.0 Å². The predicted octanol–water partition coefficient (Wildman–Crippen LogP) is 4.30. The van der Waals surface area contributed by atoms with Gasteiger partial charge in [0.1, 0.15) is 0 Å². The minimum Gasteiger partial charge on any atom is -0.191 e. The highest BCUT2D eigenvalue weighted by Gasteiger charge is 2.18. The molecule has 3 rings (SSSR count). The molecule has 0 atom stereocenters. The summed E-state index contributed by atoms with van der Waals surface area (Å²) in [6.07, 6.45) is 0. The zero-order valence-electron chi connectivity index (χ0n) is 12.1. The van der Waals surface area contributed by atoms with E-state index in [1.165, 1.54) is 22.2 Å². The van der Waals surface area contributed by atoms with Gasteiger partial charge >= 0.3 is 0 Å². The summed E-state index contributed by atoms with van der Waals surface area (Å²) in [5.41, 5.74) is 4.03. The Morgan fingerprint density at radius 2 is 1.50 bits per heavy atom. The van der Waals surface area contributed by atoms with Crippen molar-refractivity contribution in [1.29, 1.82) is 0 Å². The van der Waals surface area contributed by atoms with Crippen LogP contribution in [0.25, 0.3) is 10.9 Å². The van der Waals surface area contributed by atoms with Crippen molar-refractivity contribution in [3.8, 4) is 0 Å². The molecular weight excluding hydrogens is 242 g/mol. The second-order valence-corrected chi connectivity index (χ2v) is 5.54. The standard InChI is InChI=1S/C19H20N/c1-15(2)18-13-12-17-10-6-7-11-19(17)20(18)14-16-8-4-3-5-9-16/h3-13,15H,14H2,1-2H3/q+1. The molecule has 2 aromatic carbocycles. The maximum atomic E-state index is 2.44. The molecule has 0 radical (unpaired) electrons. The third-order valence-electron chi connectivity index (χ3n) is 3.75. The van der Waals surface area contributed by atoms with Crippen LogP contribution >= 0.6 is 0 Å². The van der Waals surface area contributed by atoms with Crippen LogP contribution in [0.15, 0.2) is 66.7 Å². The van der Waals surface area contributed by atoms with Gasteiger partial charge in [0.2, 0.25) is 5.52 Å². The molecule has 20 heavy (non-hydrogen) atoms. The van der Waals surface area contributed by atoms with Gasteiger partial charge in [0.05, 0.1) is 0 Å². The highest BCUT2D eigenvalue weighted by molar-refractivity contribution is 5.75. The molecule has 0 fully saturated rings. The van der Waals surface area contributed by atoms with Crippen LogP contribution in [0.3, 0.4) is 0 Å². The smallest absolute Gasteiger partial charge is 0.191 e. The molecule has 100 valence electrons. The van der Waals surface area contributed by atoms with Gasteiger partial charge in [0.15, 0.2) is 12.2 Å². The largest absolute Gasteiger partial charge is 0.212 e. The van der Waals surface area contributed by atoms with Crippen molar-refractivity contribution in [1.82, 2.24) is 0 Å². The number of benzene rings is 2. The lowest BCUT2D eigenvalue weighted by atomic mass is 10.1. The first-order valence-corrected chi connectivity index (χ1v) is 7.21. The quantitative estimate of drug-likeness (QED) is 0.620. The highest BCUT2D eigenvalue weighted by Crippen LogP contribution is 2.16. The summed E-state index contributed by atoms with van der Waals surface area (Å²) in [5, 5.41) is 1.30. The Morgan fingerprint density at radius 1 is 0.800 bits per heavy atom. The van der Waals surface area contributed by atoms with Crippen molar-refractivity contribution in [2.24, 2.45) is 0 Å². The fourth-order valence-corrected chi connectivity index (χ4v) is 2.73. The summed E-state index contributed by atoms with van der Waals surface area (Å²) in [6, 6.07) is 23.8. The Bertz CT molecular complexity index is 714. The fraction of sp³-hybridized carbons (Fsp3) is 0.211. The molecule has 0 amide bonds. The summed E-state index contributed by atoms with van der Waals surface area (Å²) >= 11 is 0. The summed E-state index contributed by atoms with van der Waals surface area (Å²) < 4.78 is 2.44. The van der Waals surface area contributed by atoms with Crippen LogP contribution in [0.2, 0.25) is 0 Å². The van der Waals surface area contributed by atoms with Gasteiger partial charge < -0.3 is 0 Å².